The molecule has 1 atom stereocenters. The number of carboxylic acids is 1. The number of carbonyl (C=O) groups is 2. The second-order valence-corrected chi connectivity index (χ2v) is 4.51. The third kappa shape index (κ3) is 6.68. The summed E-state index contributed by atoms with van der Waals surface area (Å²) in [6, 6.07) is 0.147. The second-order valence-electron chi connectivity index (χ2n) is 3.52. The highest BCUT2D eigenvalue weighted by Gasteiger charge is 2.15. The Hall–Kier alpha value is -0.750. The molecule has 1 N–H and O–H groups in total. The predicted molar refractivity (Wildman–Crippen MR) is 63.7 cm³/mol. The van der Waals surface area contributed by atoms with E-state index >= 15 is 0 Å². The van der Waals surface area contributed by atoms with Gasteiger partial charge in [-0.1, -0.05) is 0 Å². The van der Waals surface area contributed by atoms with Crippen LogP contribution in [0.25, 0.3) is 0 Å². The van der Waals surface area contributed by atoms with E-state index < -0.39 is 12.6 Å². The van der Waals surface area contributed by atoms with E-state index in [-0.39, 0.29) is 18.6 Å². The molecule has 16 heavy (non-hydrogen) atoms. The van der Waals surface area contributed by atoms with Crippen molar-refractivity contribution in [3.8, 4) is 0 Å². The van der Waals surface area contributed by atoms with Crippen molar-refractivity contribution in [1.82, 2.24) is 4.90 Å². The van der Waals surface area contributed by atoms with Crippen LogP contribution in [0.5, 0.6) is 0 Å². The zero-order valence-corrected chi connectivity index (χ0v) is 10.7. The third-order valence-electron chi connectivity index (χ3n) is 2.25. The van der Waals surface area contributed by atoms with Gasteiger partial charge in [0, 0.05) is 13.1 Å². The van der Waals surface area contributed by atoms with E-state index in [0.717, 1.165) is 12.2 Å². The van der Waals surface area contributed by atoms with Crippen LogP contribution < -0.4 is 0 Å². The van der Waals surface area contributed by atoms with E-state index in [4.69, 9.17) is 9.84 Å². The van der Waals surface area contributed by atoms with Crippen LogP contribution in [0.15, 0.2) is 0 Å². The number of aliphatic carboxylic acids is 1. The lowest BCUT2D eigenvalue weighted by molar-refractivity contribution is -0.146. The molecule has 0 aliphatic carbocycles. The molecule has 1 unspecified atom stereocenters. The summed E-state index contributed by atoms with van der Waals surface area (Å²) in [4.78, 5) is 23.3. The molecule has 0 aliphatic rings. The van der Waals surface area contributed by atoms with Crippen LogP contribution in [0.4, 0.5) is 0 Å². The van der Waals surface area contributed by atoms with Crippen molar-refractivity contribution in [2.75, 3.05) is 32.3 Å². The van der Waals surface area contributed by atoms with Gasteiger partial charge in [0.25, 0.3) is 0 Å². The maximum atomic E-state index is 11.5. The molecule has 0 bridgehead atoms. The van der Waals surface area contributed by atoms with E-state index in [1.54, 1.807) is 23.7 Å². The minimum Gasteiger partial charge on any atom is -0.480 e. The van der Waals surface area contributed by atoms with Crippen molar-refractivity contribution < 1.29 is 19.4 Å². The average Bonchev–Trinajstić information content (AvgIpc) is 2.24. The smallest absolute Gasteiger partial charge is 0.329 e. The molecule has 1 amide bonds. The van der Waals surface area contributed by atoms with Crippen LogP contribution in [0, 0.1) is 0 Å². The molecule has 0 spiro atoms. The van der Waals surface area contributed by atoms with Gasteiger partial charge in [-0.3, -0.25) is 4.79 Å². The van der Waals surface area contributed by atoms with E-state index in [9.17, 15) is 9.59 Å². The van der Waals surface area contributed by atoms with Crippen LogP contribution in [0.1, 0.15) is 13.3 Å². The second kappa shape index (κ2) is 8.41. The Morgan fingerprint density at radius 2 is 2.06 bits per heavy atom. The first-order valence-electron chi connectivity index (χ1n) is 5.03. The molecule has 0 radical (unpaired) electrons. The Kier molecular flexibility index (Phi) is 8.01. The van der Waals surface area contributed by atoms with Crippen LogP contribution in [-0.4, -0.2) is 60.2 Å². The van der Waals surface area contributed by atoms with Gasteiger partial charge in [0.05, 0.1) is 0 Å². The summed E-state index contributed by atoms with van der Waals surface area (Å²) >= 11 is 1.73. The topological polar surface area (TPSA) is 66.8 Å². The highest BCUT2D eigenvalue weighted by atomic mass is 32.2. The molecule has 0 heterocycles. The van der Waals surface area contributed by atoms with Crippen molar-refractivity contribution >= 4 is 23.6 Å². The molecule has 0 aliphatic heterocycles. The fourth-order valence-corrected chi connectivity index (χ4v) is 1.63. The summed E-state index contributed by atoms with van der Waals surface area (Å²) < 4.78 is 4.74. The molecule has 0 aromatic heterocycles. The molecule has 0 aromatic rings. The van der Waals surface area contributed by atoms with Crippen molar-refractivity contribution in [3.63, 3.8) is 0 Å². The minimum absolute atomic E-state index is 0.147. The number of hydrogen-bond donors (Lipinski definition) is 1. The van der Waals surface area contributed by atoms with Crippen molar-refractivity contribution in [1.29, 1.82) is 0 Å². The van der Waals surface area contributed by atoms with Gasteiger partial charge in [-0.05, 0) is 25.4 Å². The Morgan fingerprint density at radius 3 is 2.56 bits per heavy atom. The Morgan fingerprint density at radius 1 is 1.44 bits per heavy atom. The zero-order valence-electron chi connectivity index (χ0n) is 9.93. The molecule has 0 aromatic carbocycles. The lowest BCUT2D eigenvalue weighted by Gasteiger charge is -2.24. The number of thioether (sulfide) groups is 1. The number of rotatable bonds is 8. The third-order valence-corrected chi connectivity index (χ3v) is 2.89. The van der Waals surface area contributed by atoms with Gasteiger partial charge in [-0.15, -0.1) is 0 Å². The first kappa shape index (κ1) is 15.2. The van der Waals surface area contributed by atoms with Crippen LogP contribution in [-0.2, 0) is 14.3 Å². The van der Waals surface area contributed by atoms with Crippen LogP contribution in [0.2, 0.25) is 0 Å². The first-order chi connectivity index (χ1) is 7.49. The lowest BCUT2D eigenvalue weighted by atomic mass is 10.2. The number of carbonyl (C=O) groups excluding carboxylic acids is 1. The van der Waals surface area contributed by atoms with Gasteiger partial charge in [-0.2, -0.15) is 11.8 Å². The fraction of sp³-hybridized carbons (Fsp3) is 0.800. The SMILES string of the molecule is CSCCC(C)N(C)C(=O)COCC(=O)O. The highest BCUT2D eigenvalue weighted by Crippen LogP contribution is 2.06. The lowest BCUT2D eigenvalue weighted by Crippen LogP contribution is -2.38. The van der Waals surface area contributed by atoms with Gasteiger partial charge in [0.1, 0.15) is 13.2 Å². The quantitative estimate of drug-likeness (QED) is 0.685. The number of hydrogen-bond acceptors (Lipinski definition) is 4. The summed E-state index contributed by atoms with van der Waals surface area (Å²) in [5.41, 5.74) is 0. The van der Waals surface area contributed by atoms with Gasteiger partial charge in [-0.25, -0.2) is 4.79 Å². The molecule has 5 nitrogen and oxygen atoms in total. The number of ether oxygens (including phenoxy) is 1. The normalized spacial score (nSPS) is 12.2. The summed E-state index contributed by atoms with van der Waals surface area (Å²) in [6.07, 6.45) is 2.94. The molecule has 0 saturated carbocycles. The Balaban J connectivity index is 3.83. The first-order valence-corrected chi connectivity index (χ1v) is 6.42. The van der Waals surface area contributed by atoms with Gasteiger partial charge >= 0.3 is 5.97 Å². The van der Waals surface area contributed by atoms with E-state index in [1.165, 1.54) is 0 Å². The average molecular weight is 249 g/mol. The van der Waals surface area contributed by atoms with Gasteiger partial charge in [0.15, 0.2) is 0 Å². The molecule has 0 rings (SSSR count). The van der Waals surface area contributed by atoms with Crippen molar-refractivity contribution in [3.05, 3.63) is 0 Å². The van der Waals surface area contributed by atoms with Crippen LogP contribution >= 0.6 is 11.8 Å². The Labute approximate surface area is 100 Å². The molecule has 6 heteroatoms. The summed E-state index contributed by atoms with van der Waals surface area (Å²) in [7, 11) is 1.71. The van der Waals surface area contributed by atoms with Gasteiger partial charge < -0.3 is 14.7 Å². The standard InChI is InChI=1S/C10H19NO4S/c1-8(4-5-16-3)11(2)9(12)6-15-7-10(13)14/h8H,4-7H2,1-3H3,(H,13,14). The molecular weight excluding hydrogens is 230 g/mol. The summed E-state index contributed by atoms with van der Waals surface area (Å²) in [5.74, 6) is -0.255. The van der Waals surface area contributed by atoms with Gasteiger partial charge in [0.2, 0.25) is 5.91 Å². The number of carboxylic acid groups (broad SMARTS) is 1. The minimum atomic E-state index is -1.06. The maximum Gasteiger partial charge on any atom is 0.329 e. The molecular formula is C10H19NO4S. The van der Waals surface area contributed by atoms with E-state index in [2.05, 4.69) is 0 Å². The van der Waals surface area contributed by atoms with Crippen molar-refractivity contribution in [2.45, 2.75) is 19.4 Å². The molecule has 0 saturated heterocycles. The van der Waals surface area contributed by atoms with E-state index in [0.29, 0.717) is 0 Å². The number of nitrogens with zero attached hydrogens (tertiary/aromatic N) is 1. The molecule has 0 fully saturated rings. The summed E-state index contributed by atoms with van der Waals surface area (Å²) in [5, 5.41) is 8.34. The number of amides is 1. The van der Waals surface area contributed by atoms with Crippen molar-refractivity contribution in [2.24, 2.45) is 0 Å². The van der Waals surface area contributed by atoms with Crippen LogP contribution in [0.3, 0.4) is 0 Å². The highest BCUT2D eigenvalue weighted by molar-refractivity contribution is 7.98. The van der Waals surface area contributed by atoms with E-state index in [1.807, 2.05) is 13.2 Å². The summed E-state index contributed by atoms with van der Waals surface area (Å²) in [6.45, 7) is 1.36. The molecule has 94 valence electrons. The fourth-order valence-electron chi connectivity index (χ4n) is 1.06. The monoisotopic (exact) mass is 249 g/mol. The largest absolute Gasteiger partial charge is 0.480 e. The predicted octanol–water partition coefficient (Wildman–Crippen LogP) is 0.688. The Bertz CT molecular complexity index is 235. The zero-order chi connectivity index (χ0) is 12.6. The number of likely N-dealkylation sites (N-methyl/N-ethyl adjacent to an activating group) is 1. The maximum absolute atomic E-state index is 11.5.